The minimum absolute atomic E-state index is 0.0185. The molecule has 2 N–H and O–H groups in total. The van der Waals surface area contributed by atoms with E-state index >= 15 is 0 Å². The number of thioether (sulfide) groups is 1. The third kappa shape index (κ3) is 4.90. The molecule has 2 aromatic carbocycles. The van der Waals surface area contributed by atoms with Crippen LogP contribution in [0.15, 0.2) is 53.4 Å². The number of aromatic carboxylic acids is 1. The van der Waals surface area contributed by atoms with Gasteiger partial charge in [0, 0.05) is 13.0 Å². The van der Waals surface area contributed by atoms with Crippen LogP contribution in [0.2, 0.25) is 0 Å². The van der Waals surface area contributed by atoms with E-state index in [1.807, 2.05) is 12.1 Å². The van der Waals surface area contributed by atoms with Gasteiger partial charge in [-0.15, -0.1) is 0 Å². The van der Waals surface area contributed by atoms with Crippen molar-refractivity contribution >= 4 is 52.2 Å². The van der Waals surface area contributed by atoms with Crippen molar-refractivity contribution in [1.29, 1.82) is 0 Å². The summed E-state index contributed by atoms with van der Waals surface area (Å²) in [5.41, 5.74) is 2.40. The molecule has 1 aliphatic rings. The number of thiocarbonyl (C=S) groups is 1. The highest BCUT2D eigenvalue weighted by Crippen LogP contribution is 2.33. The first-order valence-corrected chi connectivity index (χ1v) is 9.99. The Morgan fingerprint density at radius 3 is 2.41 bits per heavy atom. The minimum atomic E-state index is -0.990. The molecule has 29 heavy (non-hydrogen) atoms. The standard InChI is InChI=1S/C21H17NO5S2/c23-18(24)6-3-11-22-19(25)17(29-21(22)28)12-13-7-9-14(10-8-13)15-4-1-2-5-16(15)20(26)27/h1-2,4-5,7-10,12H,3,6,11H2,(H,23,24)(H,26,27)/b17-12-. The first kappa shape index (κ1) is 20.8. The summed E-state index contributed by atoms with van der Waals surface area (Å²) < 4.78 is 0.415. The number of aliphatic carboxylic acids is 1. The van der Waals surface area contributed by atoms with E-state index < -0.39 is 11.9 Å². The molecule has 1 heterocycles. The Labute approximate surface area is 176 Å². The Bertz CT molecular complexity index is 1010. The molecule has 3 rings (SSSR count). The maximum atomic E-state index is 12.5. The monoisotopic (exact) mass is 427 g/mol. The van der Waals surface area contributed by atoms with Crippen molar-refractivity contribution < 1.29 is 24.6 Å². The van der Waals surface area contributed by atoms with Gasteiger partial charge in [0.2, 0.25) is 0 Å². The maximum Gasteiger partial charge on any atom is 0.336 e. The van der Waals surface area contributed by atoms with Crippen molar-refractivity contribution in [2.75, 3.05) is 6.54 Å². The molecule has 0 saturated carbocycles. The fourth-order valence-electron chi connectivity index (χ4n) is 2.91. The fourth-order valence-corrected chi connectivity index (χ4v) is 4.22. The van der Waals surface area contributed by atoms with E-state index in [4.69, 9.17) is 17.3 Å². The van der Waals surface area contributed by atoms with E-state index in [9.17, 15) is 19.5 Å². The van der Waals surface area contributed by atoms with Gasteiger partial charge in [-0.3, -0.25) is 14.5 Å². The number of hydrogen-bond acceptors (Lipinski definition) is 5. The quantitative estimate of drug-likeness (QED) is 0.507. The molecule has 0 aliphatic carbocycles. The number of carboxylic acid groups (broad SMARTS) is 2. The van der Waals surface area contributed by atoms with Gasteiger partial charge in [0.15, 0.2) is 0 Å². The van der Waals surface area contributed by atoms with Crippen LogP contribution >= 0.6 is 24.0 Å². The van der Waals surface area contributed by atoms with Crippen LogP contribution in [0, 0.1) is 0 Å². The lowest BCUT2D eigenvalue weighted by Crippen LogP contribution is -2.29. The highest BCUT2D eigenvalue weighted by Gasteiger charge is 2.31. The Hall–Kier alpha value is -2.97. The van der Waals surface area contributed by atoms with Crippen molar-refractivity contribution in [2.24, 2.45) is 0 Å². The number of hydrogen-bond donors (Lipinski definition) is 2. The van der Waals surface area contributed by atoms with Crippen molar-refractivity contribution in [2.45, 2.75) is 12.8 Å². The van der Waals surface area contributed by atoms with E-state index in [0.717, 1.165) is 11.1 Å². The molecule has 1 amide bonds. The van der Waals surface area contributed by atoms with Crippen LogP contribution < -0.4 is 0 Å². The van der Waals surface area contributed by atoms with Gasteiger partial charge in [-0.1, -0.05) is 66.4 Å². The van der Waals surface area contributed by atoms with Crippen LogP contribution in [0.3, 0.4) is 0 Å². The van der Waals surface area contributed by atoms with E-state index in [2.05, 4.69) is 0 Å². The molecule has 0 aromatic heterocycles. The van der Waals surface area contributed by atoms with E-state index in [0.29, 0.717) is 21.2 Å². The van der Waals surface area contributed by atoms with E-state index in [1.54, 1.807) is 42.5 Å². The van der Waals surface area contributed by atoms with Crippen LogP contribution in [0.25, 0.3) is 17.2 Å². The van der Waals surface area contributed by atoms with Crippen molar-refractivity contribution in [3.8, 4) is 11.1 Å². The van der Waals surface area contributed by atoms with Crippen molar-refractivity contribution in [3.63, 3.8) is 0 Å². The Balaban J connectivity index is 1.77. The molecule has 0 unspecified atom stereocenters. The van der Waals surface area contributed by atoms with Crippen LogP contribution in [0.5, 0.6) is 0 Å². The second-order valence-corrected chi connectivity index (χ2v) is 7.98. The molecule has 6 nitrogen and oxygen atoms in total. The highest BCUT2D eigenvalue weighted by molar-refractivity contribution is 8.26. The van der Waals surface area contributed by atoms with Crippen LogP contribution in [-0.2, 0) is 9.59 Å². The van der Waals surface area contributed by atoms with Gasteiger partial charge in [-0.2, -0.15) is 0 Å². The third-order valence-electron chi connectivity index (χ3n) is 4.32. The van der Waals surface area contributed by atoms with Gasteiger partial charge in [-0.25, -0.2) is 4.79 Å². The maximum absolute atomic E-state index is 12.5. The molecule has 0 atom stereocenters. The average molecular weight is 428 g/mol. The zero-order valence-electron chi connectivity index (χ0n) is 15.2. The molecule has 2 aromatic rings. The number of carboxylic acids is 2. The SMILES string of the molecule is O=C(O)CCCN1C(=O)/C(=C/c2ccc(-c3ccccc3C(=O)O)cc2)SC1=S. The van der Waals surface area contributed by atoms with Gasteiger partial charge in [0.05, 0.1) is 10.5 Å². The lowest BCUT2D eigenvalue weighted by atomic mass is 9.98. The van der Waals surface area contributed by atoms with Gasteiger partial charge in [-0.05, 0) is 35.3 Å². The summed E-state index contributed by atoms with van der Waals surface area (Å²) in [6.45, 7) is 0.277. The second-order valence-electron chi connectivity index (χ2n) is 6.30. The van der Waals surface area contributed by atoms with Gasteiger partial charge >= 0.3 is 11.9 Å². The number of nitrogens with zero attached hydrogens (tertiary/aromatic N) is 1. The fraction of sp³-hybridized carbons (Fsp3) is 0.143. The summed E-state index contributed by atoms with van der Waals surface area (Å²) in [4.78, 5) is 36.5. The summed E-state index contributed by atoms with van der Waals surface area (Å²) in [6.07, 6.45) is 2.05. The molecule has 0 spiro atoms. The topological polar surface area (TPSA) is 94.9 Å². The summed E-state index contributed by atoms with van der Waals surface area (Å²) in [6, 6.07) is 14.0. The molecule has 0 radical (unpaired) electrons. The first-order chi connectivity index (χ1) is 13.9. The molecular formula is C21H17NO5S2. The van der Waals surface area contributed by atoms with Gasteiger partial charge < -0.3 is 10.2 Å². The van der Waals surface area contributed by atoms with Gasteiger partial charge in [0.25, 0.3) is 5.91 Å². The molecule has 1 aliphatic heterocycles. The van der Waals surface area contributed by atoms with Gasteiger partial charge in [0.1, 0.15) is 4.32 Å². The smallest absolute Gasteiger partial charge is 0.336 e. The number of benzene rings is 2. The number of amides is 1. The molecule has 1 saturated heterocycles. The number of rotatable bonds is 7. The second kappa shape index (κ2) is 9.02. The lowest BCUT2D eigenvalue weighted by molar-refractivity contribution is -0.137. The van der Waals surface area contributed by atoms with Crippen molar-refractivity contribution in [3.05, 3.63) is 64.6 Å². The van der Waals surface area contributed by atoms with Crippen LogP contribution in [0.1, 0.15) is 28.8 Å². The van der Waals surface area contributed by atoms with E-state index in [-0.39, 0.29) is 24.4 Å². The first-order valence-electron chi connectivity index (χ1n) is 8.77. The zero-order valence-corrected chi connectivity index (χ0v) is 16.8. The lowest BCUT2D eigenvalue weighted by Gasteiger charge is -2.13. The summed E-state index contributed by atoms with van der Waals surface area (Å²) in [5.74, 6) is -2.13. The highest BCUT2D eigenvalue weighted by atomic mass is 32.2. The van der Waals surface area contributed by atoms with Crippen molar-refractivity contribution in [1.82, 2.24) is 4.90 Å². The number of carbonyl (C=O) groups excluding carboxylic acids is 1. The average Bonchev–Trinajstić information content (AvgIpc) is 2.95. The summed E-state index contributed by atoms with van der Waals surface area (Å²) >= 11 is 6.42. The number of carbonyl (C=O) groups is 3. The predicted molar refractivity (Wildman–Crippen MR) is 116 cm³/mol. The Morgan fingerprint density at radius 2 is 1.76 bits per heavy atom. The Kier molecular flexibility index (Phi) is 6.46. The zero-order chi connectivity index (χ0) is 21.0. The molecule has 1 fully saturated rings. The molecule has 0 bridgehead atoms. The summed E-state index contributed by atoms with van der Waals surface area (Å²) in [7, 11) is 0. The molecular weight excluding hydrogens is 410 g/mol. The molecule has 148 valence electrons. The van der Waals surface area contributed by atoms with Crippen LogP contribution in [0.4, 0.5) is 0 Å². The largest absolute Gasteiger partial charge is 0.481 e. The predicted octanol–water partition coefficient (Wildman–Crippen LogP) is 4.12. The third-order valence-corrected chi connectivity index (χ3v) is 5.70. The van der Waals surface area contributed by atoms with E-state index in [1.165, 1.54) is 16.7 Å². The molecule has 8 heteroatoms. The Morgan fingerprint density at radius 1 is 1.07 bits per heavy atom. The summed E-state index contributed by atoms with van der Waals surface area (Å²) in [5, 5.41) is 18.1. The van der Waals surface area contributed by atoms with Crippen LogP contribution in [-0.4, -0.2) is 43.8 Å². The minimum Gasteiger partial charge on any atom is -0.481 e. The normalized spacial score (nSPS) is 15.2.